The number of amides is 2. The maximum atomic E-state index is 13.3. The highest BCUT2D eigenvalue weighted by Crippen LogP contribution is 2.29. The second kappa shape index (κ2) is 9.00. The van der Waals surface area contributed by atoms with Crippen LogP contribution in [-0.4, -0.2) is 11.8 Å². The summed E-state index contributed by atoms with van der Waals surface area (Å²) in [6.45, 7) is 3.70. The van der Waals surface area contributed by atoms with Crippen LogP contribution in [0.5, 0.6) is 0 Å². The summed E-state index contributed by atoms with van der Waals surface area (Å²) < 4.78 is 0. The Morgan fingerprint density at radius 2 is 1.25 bits per heavy atom. The van der Waals surface area contributed by atoms with E-state index in [2.05, 4.69) is 10.6 Å². The zero-order valence-corrected chi connectivity index (χ0v) is 16.1. The maximum Gasteiger partial charge on any atom is 0.236 e. The van der Waals surface area contributed by atoms with Gasteiger partial charge >= 0.3 is 0 Å². The van der Waals surface area contributed by atoms with Crippen molar-refractivity contribution in [2.24, 2.45) is 0 Å². The lowest BCUT2D eigenvalue weighted by Gasteiger charge is -2.19. The van der Waals surface area contributed by atoms with Crippen LogP contribution < -0.4 is 10.6 Å². The van der Waals surface area contributed by atoms with E-state index in [1.54, 1.807) is 6.92 Å². The summed E-state index contributed by atoms with van der Waals surface area (Å²) >= 11 is 0. The first-order chi connectivity index (χ1) is 13.6. The normalized spacial score (nSPS) is 10.5. The van der Waals surface area contributed by atoms with Gasteiger partial charge in [0.25, 0.3) is 0 Å². The quantitative estimate of drug-likeness (QED) is 0.631. The van der Waals surface area contributed by atoms with Crippen molar-refractivity contribution in [1.29, 1.82) is 0 Å². The molecule has 0 aliphatic carbocycles. The van der Waals surface area contributed by atoms with Gasteiger partial charge in [-0.1, -0.05) is 73.7 Å². The smallest absolute Gasteiger partial charge is 0.236 e. The Bertz CT molecular complexity index is 913. The fourth-order valence-electron chi connectivity index (χ4n) is 3.14. The SMILES string of the molecule is CCC(=O)Nc1cccc(NC(=O)C(c2ccccc2)c2ccccc2)c1C. The lowest BCUT2D eigenvalue weighted by Crippen LogP contribution is -2.23. The van der Waals surface area contributed by atoms with E-state index in [4.69, 9.17) is 0 Å². The number of hydrogen-bond acceptors (Lipinski definition) is 2. The van der Waals surface area contributed by atoms with Gasteiger partial charge in [-0.2, -0.15) is 0 Å². The highest BCUT2D eigenvalue weighted by atomic mass is 16.2. The van der Waals surface area contributed by atoms with Crippen molar-refractivity contribution in [1.82, 2.24) is 0 Å². The average molecular weight is 372 g/mol. The number of nitrogens with one attached hydrogen (secondary N) is 2. The molecule has 0 unspecified atom stereocenters. The van der Waals surface area contributed by atoms with Crippen LogP contribution in [0.3, 0.4) is 0 Å². The molecule has 0 saturated heterocycles. The average Bonchev–Trinajstić information content (AvgIpc) is 2.72. The van der Waals surface area contributed by atoms with E-state index < -0.39 is 5.92 Å². The number of rotatable bonds is 6. The monoisotopic (exact) mass is 372 g/mol. The van der Waals surface area contributed by atoms with Crippen molar-refractivity contribution in [2.45, 2.75) is 26.2 Å². The predicted octanol–water partition coefficient (Wildman–Crippen LogP) is 5.11. The van der Waals surface area contributed by atoms with E-state index in [1.165, 1.54) is 0 Å². The van der Waals surface area contributed by atoms with Crippen LogP contribution in [0.4, 0.5) is 11.4 Å². The second-order valence-electron chi connectivity index (χ2n) is 6.62. The Morgan fingerprint density at radius 1 is 0.750 bits per heavy atom. The standard InChI is InChI=1S/C24H24N2O2/c1-3-22(27)25-20-15-10-16-21(17(20)2)26-24(28)23(18-11-6-4-7-12-18)19-13-8-5-9-14-19/h4-16,23H,3H2,1-2H3,(H,25,27)(H,26,28). The molecular weight excluding hydrogens is 348 g/mol. The summed E-state index contributed by atoms with van der Waals surface area (Å²) in [7, 11) is 0. The number of benzene rings is 3. The van der Waals surface area contributed by atoms with Gasteiger partial charge in [0, 0.05) is 17.8 Å². The van der Waals surface area contributed by atoms with E-state index in [0.717, 1.165) is 16.7 Å². The fourth-order valence-corrected chi connectivity index (χ4v) is 3.14. The minimum atomic E-state index is -0.421. The molecule has 0 fully saturated rings. The van der Waals surface area contributed by atoms with Crippen molar-refractivity contribution in [3.05, 3.63) is 95.6 Å². The van der Waals surface area contributed by atoms with Gasteiger partial charge in [0.15, 0.2) is 0 Å². The van der Waals surface area contributed by atoms with Gasteiger partial charge < -0.3 is 10.6 Å². The molecule has 0 saturated carbocycles. The molecule has 0 atom stereocenters. The molecule has 0 heterocycles. The van der Waals surface area contributed by atoms with E-state index in [9.17, 15) is 9.59 Å². The fraction of sp³-hybridized carbons (Fsp3) is 0.167. The largest absolute Gasteiger partial charge is 0.326 e. The molecule has 0 spiro atoms. The van der Waals surface area contributed by atoms with Crippen LogP contribution in [-0.2, 0) is 9.59 Å². The van der Waals surface area contributed by atoms with E-state index in [0.29, 0.717) is 17.8 Å². The summed E-state index contributed by atoms with van der Waals surface area (Å²) in [6.07, 6.45) is 0.403. The molecule has 0 aromatic heterocycles. The zero-order chi connectivity index (χ0) is 19.9. The molecule has 0 aliphatic heterocycles. The topological polar surface area (TPSA) is 58.2 Å². The van der Waals surface area contributed by atoms with Crippen molar-refractivity contribution >= 4 is 23.2 Å². The predicted molar refractivity (Wildman–Crippen MR) is 113 cm³/mol. The molecule has 0 radical (unpaired) electrons. The molecule has 4 nitrogen and oxygen atoms in total. The molecule has 28 heavy (non-hydrogen) atoms. The Morgan fingerprint density at radius 3 is 1.75 bits per heavy atom. The second-order valence-corrected chi connectivity index (χ2v) is 6.62. The van der Waals surface area contributed by atoms with Gasteiger partial charge in [-0.3, -0.25) is 9.59 Å². The van der Waals surface area contributed by atoms with Crippen LogP contribution in [0.25, 0.3) is 0 Å². The third-order valence-electron chi connectivity index (χ3n) is 4.71. The van der Waals surface area contributed by atoms with Crippen molar-refractivity contribution < 1.29 is 9.59 Å². The van der Waals surface area contributed by atoms with Gasteiger partial charge in [-0.15, -0.1) is 0 Å². The van der Waals surface area contributed by atoms with Crippen LogP contribution in [0.1, 0.15) is 36.0 Å². The maximum absolute atomic E-state index is 13.3. The lowest BCUT2D eigenvalue weighted by atomic mass is 9.90. The Hall–Kier alpha value is -3.40. The Labute approximate surface area is 165 Å². The van der Waals surface area contributed by atoms with Crippen LogP contribution in [0.2, 0.25) is 0 Å². The minimum Gasteiger partial charge on any atom is -0.326 e. The van der Waals surface area contributed by atoms with Gasteiger partial charge in [-0.05, 0) is 35.7 Å². The first-order valence-electron chi connectivity index (χ1n) is 9.40. The molecule has 0 aliphatic rings. The summed E-state index contributed by atoms with van der Waals surface area (Å²) in [4.78, 5) is 25.0. The Kier molecular flexibility index (Phi) is 6.22. The van der Waals surface area contributed by atoms with Crippen LogP contribution in [0.15, 0.2) is 78.9 Å². The molecular formula is C24H24N2O2. The van der Waals surface area contributed by atoms with Gasteiger partial charge in [-0.25, -0.2) is 0 Å². The first-order valence-corrected chi connectivity index (χ1v) is 9.40. The van der Waals surface area contributed by atoms with Crippen LogP contribution >= 0.6 is 0 Å². The van der Waals surface area contributed by atoms with Gasteiger partial charge in [0.1, 0.15) is 0 Å². The summed E-state index contributed by atoms with van der Waals surface area (Å²) in [6, 6.07) is 25.0. The Balaban J connectivity index is 1.91. The molecule has 2 N–H and O–H groups in total. The van der Waals surface area contributed by atoms with Gasteiger partial charge in [0.05, 0.1) is 5.92 Å². The first kappa shape index (κ1) is 19.4. The van der Waals surface area contributed by atoms with Crippen molar-refractivity contribution in [3.8, 4) is 0 Å². The van der Waals surface area contributed by atoms with Crippen molar-refractivity contribution in [2.75, 3.05) is 10.6 Å². The number of hydrogen-bond donors (Lipinski definition) is 2. The van der Waals surface area contributed by atoms with E-state index >= 15 is 0 Å². The minimum absolute atomic E-state index is 0.0574. The molecule has 4 heteroatoms. The number of carbonyl (C=O) groups excluding carboxylic acids is 2. The lowest BCUT2D eigenvalue weighted by molar-refractivity contribution is -0.117. The summed E-state index contributed by atoms with van der Waals surface area (Å²) in [5, 5.41) is 5.92. The number of carbonyl (C=O) groups is 2. The zero-order valence-electron chi connectivity index (χ0n) is 16.1. The highest BCUT2D eigenvalue weighted by molar-refractivity contribution is 6.00. The molecule has 142 valence electrons. The van der Waals surface area contributed by atoms with E-state index in [1.807, 2.05) is 85.8 Å². The highest BCUT2D eigenvalue weighted by Gasteiger charge is 2.23. The third-order valence-corrected chi connectivity index (χ3v) is 4.71. The summed E-state index contributed by atoms with van der Waals surface area (Å²) in [5.41, 5.74) is 4.09. The van der Waals surface area contributed by atoms with Gasteiger partial charge in [0.2, 0.25) is 11.8 Å². The molecule has 3 aromatic carbocycles. The summed E-state index contributed by atoms with van der Waals surface area (Å²) in [5.74, 6) is -0.590. The van der Waals surface area contributed by atoms with Crippen LogP contribution in [0, 0.1) is 6.92 Å². The third kappa shape index (κ3) is 4.46. The molecule has 0 bridgehead atoms. The molecule has 3 rings (SSSR count). The van der Waals surface area contributed by atoms with E-state index in [-0.39, 0.29) is 11.8 Å². The number of anilines is 2. The van der Waals surface area contributed by atoms with Crippen molar-refractivity contribution in [3.63, 3.8) is 0 Å². The molecule has 3 aromatic rings. The molecule has 2 amide bonds.